The summed E-state index contributed by atoms with van der Waals surface area (Å²) < 4.78 is 2.76. The van der Waals surface area contributed by atoms with Crippen LogP contribution in [0.1, 0.15) is 17.3 Å². The molecule has 0 aromatic carbocycles. The van der Waals surface area contributed by atoms with Crippen LogP contribution in [0.15, 0.2) is 33.7 Å². The topological polar surface area (TPSA) is 46.9 Å². The average molecular weight is 314 g/mol. The predicted octanol–water partition coefficient (Wildman–Crippen LogP) is 2.53. The van der Waals surface area contributed by atoms with Crippen LogP contribution in [-0.2, 0) is 6.54 Å². The SMILES string of the molecule is CC(Cn1cccn1)NC(=O)c1csc(Br)c1. The summed E-state index contributed by atoms with van der Waals surface area (Å²) in [5.41, 5.74) is 0.689. The highest BCUT2D eigenvalue weighted by Gasteiger charge is 2.11. The Morgan fingerprint density at radius 1 is 1.71 bits per heavy atom. The minimum atomic E-state index is -0.0494. The highest BCUT2D eigenvalue weighted by molar-refractivity contribution is 9.11. The smallest absolute Gasteiger partial charge is 0.252 e. The number of hydrogen-bond donors (Lipinski definition) is 1. The standard InChI is InChI=1S/C11H12BrN3OS/c1-8(6-15-4-2-3-13-15)14-11(16)9-5-10(12)17-7-9/h2-5,7-8H,6H2,1H3,(H,14,16). The third kappa shape index (κ3) is 3.41. The van der Waals surface area contributed by atoms with Gasteiger partial charge in [-0.3, -0.25) is 9.48 Å². The summed E-state index contributed by atoms with van der Waals surface area (Å²) >= 11 is 4.84. The van der Waals surface area contributed by atoms with Gasteiger partial charge in [0.05, 0.1) is 15.9 Å². The molecule has 1 amide bonds. The molecule has 0 aliphatic rings. The lowest BCUT2D eigenvalue weighted by Crippen LogP contribution is -2.35. The average Bonchev–Trinajstić information content (AvgIpc) is 2.89. The number of hydrogen-bond acceptors (Lipinski definition) is 3. The van der Waals surface area contributed by atoms with Crippen LogP contribution in [0, 0.1) is 0 Å². The molecule has 17 heavy (non-hydrogen) atoms. The van der Waals surface area contributed by atoms with Crippen molar-refractivity contribution >= 4 is 33.2 Å². The third-order valence-electron chi connectivity index (χ3n) is 2.23. The number of halogens is 1. The Labute approximate surface area is 112 Å². The Bertz CT molecular complexity index is 495. The molecule has 1 N–H and O–H groups in total. The largest absolute Gasteiger partial charge is 0.348 e. The number of rotatable bonds is 4. The maximum atomic E-state index is 11.8. The van der Waals surface area contributed by atoms with Crippen molar-refractivity contribution in [1.29, 1.82) is 0 Å². The van der Waals surface area contributed by atoms with Gasteiger partial charge in [-0.25, -0.2) is 0 Å². The lowest BCUT2D eigenvalue weighted by Gasteiger charge is -2.13. The molecule has 2 aromatic rings. The fourth-order valence-electron chi connectivity index (χ4n) is 1.47. The molecule has 0 fully saturated rings. The highest BCUT2D eigenvalue weighted by atomic mass is 79.9. The molecule has 2 rings (SSSR count). The lowest BCUT2D eigenvalue weighted by atomic mass is 10.2. The first-order chi connectivity index (χ1) is 8.15. The molecule has 4 nitrogen and oxygen atoms in total. The van der Waals surface area contributed by atoms with E-state index in [0.717, 1.165) is 3.79 Å². The predicted molar refractivity (Wildman–Crippen MR) is 71.2 cm³/mol. The van der Waals surface area contributed by atoms with Crippen LogP contribution < -0.4 is 5.32 Å². The van der Waals surface area contributed by atoms with Crippen molar-refractivity contribution in [2.24, 2.45) is 0 Å². The van der Waals surface area contributed by atoms with Crippen molar-refractivity contribution in [3.63, 3.8) is 0 Å². The first-order valence-corrected chi connectivity index (χ1v) is 6.85. The molecule has 0 saturated heterocycles. The quantitative estimate of drug-likeness (QED) is 0.943. The van der Waals surface area contributed by atoms with Gasteiger partial charge in [0.2, 0.25) is 0 Å². The van der Waals surface area contributed by atoms with Gasteiger partial charge in [-0.2, -0.15) is 5.10 Å². The molecular weight excluding hydrogens is 302 g/mol. The minimum absolute atomic E-state index is 0.0427. The zero-order valence-electron chi connectivity index (χ0n) is 9.26. The van der Waals surface area contributed by atoms with Crippen LogP contribution in [-0.4, -0.2) is 21.7 Å². The maximum absolute atomic E-state index is 11.8. The van der Waals surface area contributed by atoms with E-state index in [2.05, 4.69) is 26.3 Å². The van der Waals surface area contributed by atoms with E-state index in [1.807, 2.05) is 30.6 Å². The number of carbonyl (C=O) groups excluding carboxylic acids is 1. The molecule has 0 bridgehead atoms. The molecule has 0 spiro atoms. The third-order valence-corrected chi connectivity index (χ3v) is 3.73. The molecule has 1 atom stereocenters. The van der Waals surface area contributed by atoms with E-state index in [1.54, 1.807) is 10.9 Å². The van der Waals surface area contributed by atoms with Crippen molar-refractivity contribution in [2.45, 2.75) is 19.5 Å². The zero-order valence-corrected chi connectivity index (χ0v) is 11.7. The summed E-state index contributed by atoms with van der Waals surface area (Å²) in [5.74, 6) is -0.0494. The highest BCUT2D eigenvalue weighted by Crippen LogP contribution is 2.20. The van der Waals surface area contributed by atoms with Crippen molar-refractivity contribution in [3.8, 4) is 0 Å². The number of carbonyl (C=O) groups is 1. The minimum Gasteiger partial charge on any atom is -0.348 e. The molecule has 0 aliphatic heterocycles. The van der Waals surface area contributed by atoms with Crippen LogP contribution in [0.25, 0.3) is 0 Å². The fraction of sp³-hybridized carbons (Fsp3) is 0.273. The molecule has 0 radical (unpaired) electrons. The van der Waals surface area contributed by atoms with Crippen LogP contribution in [0.4, 0.5) is 0 Å². The van der Waals surface area contributed by atoms with E-state index in [1.165, 1.54) is 11.3 Å². The maximum Gasteiger partial charge on any atom is 0.252 e. The van der Waals surface area contributed by atoms with Gasteiger partial charge < -0.3 is 5.32 Å². The molecule has 6 heteroatoms. The Kier molecular flexibility index (Phi) is 3.96. The molecule has 2 heterocycles. The van der Waals surface area contributed by atoms with E-state index in [-0.39, 0.29) is 11.9 Å². The monoisotopic (exact) mass is 313 g/mol. The van der Waals surface area contributed by atoms with Gasteiger partial charge >= 0.3 is 0 Å². The van der Waals surface area contributed by atoms with Crippen LogP contribution in [0.5, 0.6) is 0 Å². The Balaban J connectivity index is 1.90. The second kappa shape index (κ2) is 5.46. The van der Waals surface area contributed by atoms with Crippen LogP contribution in [0.3, 0.4) is 0 Å². The van der Waals surface area contributed by atoms with Gasteiger partial charge in [-0.1, -0.05) is 0 Å². The van der Waals surface area contributed by atoms with E-state index in [4.69, 9.17) is 0 Å². The number of nitrogens with zero attached hydrogens (tertiary/aromatic N) is 2. The molecule has 1 unspecified atom stereocenters. The number of thiophene rings is 1. The van der Waals surface area contributed by atoms with Crippen molar-refractivity contribution in [3.05, 3.63) is 39.3 Å². The summed E-state index contributed by atoms with van der Waals surface area (Å²) in [5, 5.41) is 8.87. The van der Waals surface area contributed by atoms with E-state index in [9.17, 15) is 4.79 Å². The van der Waals surface area contributed by atoms with Crippen LogP contribution in [0.2, 0.25) is 0 Å². The van der Waals surface area contributed by atoms with Crippen molar-refractivity contribution < 1.29 is 4.79 Å². The van der Waals surface area contributed by atoms with Gasteiger partial charge in [0.15, 0.2) is 0 Å². The summed E-state index contributed by atoms with van der Waals surface area (Å²) in [7, 11) is 0. The summed E-state index contributed by atoms with van der Waals surface area (Å²) in [4.78, 5) is 11.8. The molecular formula is C11H12BrN3OS. The molecule has 0 aliphatic carbocycles. The lowest BCUT2D eigenvalue weighted by molar-refractivity contribution is 0.0936. The molecule has 0 saturated carbocycles. The van der Waals surface area contributed by atoms with E-state index < -0.39 is 0 Å². The van der Waals surface area contributed by atoms with Gasteiger partial charge in [0, 0.05) is 23.8 Å². The second-order valence-corrected chi connectivity index (χ2v) is 6.03. The summed E-state index contributed by atoms with van der Waals surface area (Å²) in [6.07, 6.45) is 3.61. The van der Waals surface area contributed by atoms with Gasteiger partial charge in [0.1, 0.15) is 0 Å². The first-order valence-electron chi connectivity index (χ1n) is 5.17. The van der Waals surface area contributed by atoms with E-state index >= 15 is 0 Å². The Hall–Kier alpha value is -1.14. The number of amides is 1. The Morgan fingerprint density at radius 3 is 3.12 bits per heavy atom. The van der Waals surface area contributed by atoms with Crippen LogP contribution >= 0.6 is 27.3 Å². The second-order valence-electron chi connectivity index (χ2n) is 3.74. The summed E-state index contributed by atoms with van der Waals surface area (Å²) in [6.45, 7) is 2.63. The summed E-state index contributed by atoms with van der Waals surface area (Å²) in [6, 6.07) is 3.73. The van der Waals surface area contributed by atoms with Gasteiger partial charge in [-0.05, 0) is 35.0 Å². The number of nitrogens with one attached hydrogen (secondary N) is 1. The van der Waals surface area contributed by atoms with Crippen molar-refractivity contribution in [2.75, 3.05) is 0 Å². The molecule has 90 valence electrons. The number of aromatic nitrogens is 2. The fourth-order valence-corrected chi connectivity index (χ4v) is 2.61. The van der Waals surface area contributed by atoms with Gasteiger partial charge in [-0.15, -0.1) is 11.3 Å². The first kappa shape index (κ1) is 12.3. The Morgan fingerprint density at radius 2 is 2.53 bits per heavy atom. The molecule has 2 aromatic heterocycles. The zero-order chi connectivity index (χ0) is 12.3. The van der Waals surface area contributed by atoms with Gasteiger partial charge in [0.25, 0.3) is 5.91 Å². The van der Waals surface area contributed by atoms with Crippen molar-refractivity contribution in [1.82, 2.24) is 15.1 Å². The van der Waals surface area contributed by atoms with E-state index in [0.29, 0.717) is 12.1 Å². The normalized spacial score (nSPS) is 12.4.